The molecular formula is C12H13ClN2S. The Bertz CT molecular complexity index is 494. The Kier molecular flexibility index (Phi) is 3.59. The first-order valence-electron chi connectivity index (χ1n) is 5.07. The Morgan fingerprint density at radius 3 is 2.94 bits per heavy atom. The maximum Gasteiger partial charge on any atom is 0.123 e. The van der Waals surface area contributed by atoms with Crippen molar-refractivity contribution in [3.63, 3.8) is 0 Å². The van der Waals surface area contributed by atoms with E-state index in [1.807, 2.05) is 31.3 Å². The quantitative estimate of drug-likeness (QED) is 0.905. The number of hydrogen-bond acceptors (Lipinski definition) is 3. The van der Waals surface area contributed by atoms with Crippen molar-refractivity contribution in [2.75, 3.05) is 7.05 Å². The van der Waals surface area contributed by atoms with Crippen LogP contribution in [-0.4, -0.2) is 12.0 Å². The molecule has 0 aliphatic heterocycles. The van der Waals surface area contributed by atoms with Crippen LogP contribution in [0.4, 0.5) is 0 Å². The molecule has 0 spiro atoms. The Labute approximate surface area is 104 Å². The summed E-state index contributed by atoms with van der Waals surface area (Å²) in [6.07, 6.45) is 0. The second kappa shape index (κ2) is 4.95. The van der Waals surface area contributed by atoms with Crippen molar-refractivity contribution >= 4 is 22.9 Å². The van der Waals surface area contributed by atoms with Gasteiger partial charge in [-0.05, 0) is 26.1 Å². The number of rotatable bonds is 3. The standard InChI is InChI=1S/C12H13ClN2S/c1-8-11(7-14-2)15-12(16-8)9-4-3-5-10(13)6-9/h3-6,14H,7H2,1-2H3. The summed E-state index contributed by atoms with van der Waals surface area (Å²) < 4.78 is 0. The molecule has 84 valence electrons. The van der Waals surface area contributed by atoms with E-state index in [0.29, 0.717) is 0 Å². The van der Waals surface area contributed by atoms with Gasteiger partial charge in [-0.2, -0.15) is 0 Å². The average Bonchev–Trinajstić information content (AvgIpc) is 2.61. The highest BCUT2D eigenvalue weighted by Gasteiger charge is 2.08. The number of halogens is 1. The van der Waals surface area contributed by atoms with Crippen LogP contribution < -0.4 is 5.32 Å². The minimum atomic E-state index is 0.750. The molecule has 2 nitrogen and oxygen atoms in total. The predicted octanol–water partition coefficient (Wildman–Crippen LogP) is 3.49. The fraction of sp³-hybridized carbons (Fsp3) is 0.250. The second-order valence-corrected chi connectivity index (χ2v) is 5.20. The predicted molar refractivity (Wildman–Crippen MR) is 70.1 cm³/mol. The molecule has 1 aromatic carbocycles. The van der Waals surface area contributed by atoms with Crippen molar-refractivity contribution in [3.05, 3.63) is 39.9 Å². The van der Waals surface area contributed by atoms with Crippen molar-refractivity contribution in [3.8, 4) is 10.6 Å². The Morgan fingerprint density at radius 2 is 2.25 bits per heavy atom. The number of nitrogens with one attached hydrogen (secondary N) is 1. The first kappa shape index (κ1) is 11.6. The molecule has 0 atom stereocenters. The monoisotopic (exact) mass is 252 g/mol. The molecule has 1 N–H and O–H groups in total. The SMILES string of the molecule is CNCc1nc(-c2cccc(Cl)c2)sc1C. The highest BCUT2D eigenvalue weighted by atomic mass is 35.5. The summed E-state index contributed by atoms with van der Waals surface area (Å²) in [5.41, 5.74) is 2.20. The summed E-state index contributed by atoms with van der Waals surface area (Å²) in [4.78, 5) is 5.86. The zero-order chi connectivity index (χ0) is 11.5. The van der Waals surface area contributed by atoms with Gasteiger partial charge in [0, 0.05) is 22.0 Å². The maximum absolute atomic E-state index is 5.97. The smallest absolute Gasteiger partial charge is 0.123 e. The molecule has 0 saturated carbocycles. The zero-order valence-corrected chi connectivity index (χ0v) is 10.8. The molecule has 2 rings (SSSR count). The molecule has 0 amide bonds. The van der Waals surface area contributed by atoms with Crippen LogP contribution in [-0.2, 0) is 6.54 Å². The molecule has 1 aromatic heterocycles. The minimum absolute atomic E-state index is 0.750. The number of thiazole rings is 1. The maximum atomic E-state index is 5.97. The van der Waals surface area contributed by atoms with E-state index in [-0.39, 0.29) is 0 Å². The lowest BCUT2D eigenvalue weighted by molar-refractivity contribution is 0.793. The third kappa shape index (κ3) is 2.43. The number of benzene rings is 1. The summed E-state index contributed by atoms with van der Waals surface area (Å²) in [5, 5.41) is 4.90. The van der Waals surface area contributed by atoms with E-state index >= 15 is 0 Å². The van der Waals surface area contributed by atoms with Gasteiger partial charge in [-0.25, -0.2) is 4.98 Å². The van der Waals surface area contributed by atoms with Gasteiger partial charge in [0.15, 0.2) is 0 Å². The number of aromatic nitrogens is 1. The van der Waals surface area contributed by atoms with E-state index in [9.17, 15) is 0 Å². The molecular weight excluding hydrogens is 240 g/mol. The lowest BCUT2D eigenvalue weighted by atomic mass is 10.2. The van der Waals surface area contributed by atoms with E-state index in [0.717, 1.165) is 27.8 Å². The van der Waals surface area contributed by atoms with Gasteiger partial charge in [-0.3, -0.25) is 0 Å². The van der Waals surface area contributed by atoms with E-state index in [4.69, 9.17) is 11.6 Å². The molecule has 2 aromatic rings. The van der Waals surface area contributed by atoms with Gasteiger partial charge in [-0.15, -0.1) is 11.3 Å². The van der Waals surface area contributed by atoms with Gasteiger partial charge >= 0.3 is 0 Å². The molecule has 4 heteroatoms. The van der Waals surface area contributed by atoms with Crippen LogP contribution >= 0.6 is 22.9 Å². The lowest BCUT2D eigenvalue weighted by Gasteiger charge is -1.96. The van der Waals surface area contributed by atoms with Crippen molar-refractivity contribution < 1.29 is 0 Å². The fourth-order valence-electron chi connectivity index (χ4n) is 1.50. The zero-order valence-electron chi connectivity index (χ0n) is 9.25. The highest BCUT2D eigenvalue weighted by molar-refractivity contribution is 7.15. The van der Waals surface area contributed by atoms with Crippen LogP contribution in [0.25, 0.3) is 10.6 Å². The van der Waals surface area contributed by atoms with Crippen LogP contribution in [0, 0.1) is 6.92 Å². The first-order valence-corrected chi connectivity index (χ1v) is 6.27. The molecule has 0 fully saturated rings. The molecule has 1 heterocycles. The Balaban J connectivity index is 2.37. The molecule has 16 heavy (non-hydrogen) atoms. The van der Waals surface area contributed by atoms with E-state index in [2.05, 4.69) is 17.2 Å². The van der Waals surface area contributed by atoms with Gasteiger partial charge in [0.1, 0.15) is 5.01 Å². The largest absolute Gasteiger partial charge is 0.314 e. The van der Waals surface area contributed by atoms with Crippen LogP contribution in [0.2, 0.25) is 5.02 Å². The summed E-state index contributed by atoms with van der Waals surface area (Å²) in [5.74, 6) is 0. The molecule has 0 bridgehead atoms. The molecule has 0 unspecified atom stereocenters. The summed E-state index contributed by atoms with van der Waals surface area (Å²) in [7, 11) is 1.93. The first-order chi connectivity index (χ1) is 7.70. The number of aryl methyl sites for hydroxylation is 1. The number of hydrogen-bond donors (Lipinski definition) is 1. The summed E-state index contributed by atoms with van der Waals surface area (Å²) in [6, 6.07) is 7.81. The Hall–Kier alpha value is -0.900. The van der Waals surface area contributed by atoms with Crippen LogP contribution in [0.3, 0.4) is 0 Å². The van der Waals surface area contributed by atoms with E-state index < -0.39 is 0 Å². The Morgan fingerprint density at radius 1 is 1.44 bits per heavy atom. The van der Waals surface area contributed by atoms with Crippen LogP contribution in [0.1, 0.15) is 10.6 Å². The van der Waals surface area contributed by atoms with E-state index in [1.165, 1.54) is 4.88 Å². The second-order valence-electron chi connectivity index (χ2n) is 3.56. The summed E-state index contributed by atoms with van der Waals surface area (Å²) >= 11 is 7.67. The van der Waals surface area contributed by atoms with Gasteiger partial charge in [0.25, 0.3) is 0 Å². The van der Waals surface area contributed by atoms with Crippen molar-refractivity contribution in [1.82, 2.24) is 10.3 Å². The van der Waals surface area contributed by atoms with Gasteiger partial charge in [-0.1, -0.05) is 23.7 Å². The third-order valence-electron chi connectivity index (χ3n) is 2.31. The molecule has 0 radical (unpaired) electrons. The van der Waals surface area contributed by atoms with Gasteiger partial charge in [0.05, 0.1) is 5.69 Å². The number of nitrogens with zero attached hydrogens (tertiary/aromatic N) is 1. The van der Waals surface area contributed by atoms with Crippen molar-refractivity contribution in [2.24, 2.45) is 0 Å². The third-order valence-corrected chi connectivity index (χ3v) is 3.61. The topological polar surface area (TPSA) is 24.9 Å². The normalized spacial score (nSPS) is 10.7. The molecule has 0 aliphatic rings. The summed E-state index contributed by atoms with van der Waals surface area (Å²) in [6.45, 7) is 2.90. The molecule has 0 saturated heterocycles. The van der Waals surface area contributed by atoms with Crippen molar-refractivity contribution in [2.45, 2.75) is 13.5 Å². The van der Waals surface area contributed by atoms with Crippen molar-refractivity contribution in [1.29, 1.82) is 0 Å². The fourth-order valence-corrected chi connectivity index (χ4v) is 2.62. The van der Waals surface area contributed by atoms with Crippen LogP contribution in [0.5, 0.6) is 0 Å². The van der Waals surface area contributed by atoms with E-state index in [1.54, 1.807) is 11.3 Å². The lowest BCUT2D eigenvalue weighted by Crippen LogP contribution is -2.06. The van der Waals surface area contributed by atoms with Gasteiger partial charge in [0.2, 0.25) is 0 Å². The highest BCUT2D eigenvalue weighted by Crippen LogP contribution is 2.29. The minimum Gasteiger partial charge on any atom is -0.314 e. The van der Waals surface area contributed by atoms with Crippen LogP contribution in [0.15, 0.2) is 24.3 Å². The average molecular weight is 253 g/mol. The molecule has 0 aliphatic carbocycles. The van der Waals surface area contributed by atoms with Gasteiger partial charge < -0.3 is 5.32 Å².